The molecule has 3 aromatic rings. The number of hydrogen-bond donors (Lipinski definition) is 1. The molecule has 136 valence electrons. The van der Waals surface area contributed by atoms with Crippen molar-refractivity contribution in [3.05, 3.63) is 71.6 Å². The topological polar surface area (TPSA) is 88.3 Å². The van der Waals surface area contributed by atoms with Crippen LogP contribution in [-0.4, -0.2) is 28.6 Å². The SMILES string of the molecule is Cc1ccc(C(=O)Nc2nnc([C@H]3CC(=O)N(c4ccccc4)C3)o2)cc1. The van der Waals surface area contributed by atoms with Crippen molar-refractivity contribution in [2.24, 2.45) is 0 Å². The van der Waals surface area contributed by atoms with Crippen LogP contribution < -0.4 is 10.2 Å². The van der Waals surface area contributed by atoms with E-state index in [4.69, 9.17) is 4.42 Å². The zero-order chi connectivity index (χ0) is 18.8. The highest BCUT2D eigenvalue weighted by Crippen LogP contribution is 2.31. The zero-order valence-corrected chi connectivity index (χ0v) is 14.8. The first-order valence-electron chi connectivity index (χ1n) is 8.67. The summed E-state index contributed by atoms with van der Waals surface area (Å²) in [5.41, 5.74) is 2.42. The Kier molecular flexibility index (Phi) is 4.42. The Hall–Kier alpha value is -3.48. The van der Waals surface area contributed by atoms with Crippen molar-refractivity contribution < 1.29 is 14.0 Å². The Bertz CT molecular complexity index is 966. The van der Waals surface area contributed by atoms with E-state index in [9.17, 15) is 9.59 Å². The van der Waals surface area contributed by atoms with E-state index in [1.54, 1.807) is 17.0 Å². The summed E-state index contributed by atoms with van der Waals surface area (Å²) in [6.45, 7) is 2.42. The largest absolute Gasteiger partial charge is 0.407 e. The molecule has 0 radical (unpaired) electrons. The fourth-order valence-corrected chi connectivity index (χ4v) is 3.05. The molecule has 0 aliphatic carbocycles. The zero-order valence-electron chi connectivity index (χ0n) is 14.8. The van der Waals surface area contributed by atoms with E-state index in [0.29, 0.717) is 24.4 Å². The summed E-state index contributed by atoms with van der Waals surface area (Å²) in [7, 11) is 0. The number of hydrogen-bond acceptors (Lipinski definition) is 5. The summed E-state index contributed by atoms with van der Waals surface area (Å²) < 4.78 is 5.58. The van der Waals surface area contributed by atoms with Gasteiger partial charge >= 0.3 is 6.01 Å². The summed E-state index contributed by atoms with van der Waals surface area (Å²) in [6, 6.07) is 16.7. The summed E-state index contributed by atoms with van der Waals surface area (Å²) in [5.74, 6) is -0.163. The third-order valence-electron chi connectivity index (χ3n) is 4.52. The molecule has 4 rings (SSSR count). The van der Waals surface area contributed by atoms with Gasteiger partial charge in [0.15, 0.2) is 0 Å². The first kappa shape index (κ1) is 17.0. The van der Waals surface area contributed by atoms with Gasteiger partial charge in [-0.1, -0.05) is 41.0 Å². The normalized spacial score (nSPS) is 16.6. The second-order valence-corrected chi connectivity index (χ2v) is 6.51. The minimum Gasteiger partial charge on any atom is -0.407 e. The van der Waals surface area contributed by atoms with Crippen LogP contribution in [0.5, 0.6) is 0 Å². The van der Waals surface area contributed by atoms with Crippen molar-refractivity contribution in [3.8, 4) is 0 Å². The Morgan fingerprint density at radius 2 is 1.85 bits per heavy atom. The van der Waals surface area contributed by atoms with Gasteiger partial charge in [0.1, 0.15) is 0 Å². The predicted octanol–water partition coefficient (Wildman–Crippen LogP) is 3.15. The molecule has 7 heteroatoms. The summed E-state index contributed by atoms with van der Waals surface area (Å²) in [5, 5.41) is 10.5. The van der Waals surface area contributed by atoms with Gasteiger partial charge in [0, 0.05) is 24.2 Å². The van der Waals surface area contributed by atoms with Crippen molar-refractivity contribution in [1.82, 2.24) is 10.2 Å². The second-order valence-electron chi connectivity index (χ2n) is 6.51. The minimum absolute atomic E-state index is 0.00893. The molecule has 2 amide bonds. The Labute approximate surface area is 156 Å². The maximum atomic E-state index is 12.3. The smallest absolute Gasteiger partial charge is 0.322 e. The van der Waals surface area contributed by atoms with E-state index in [2.05, 4.69) is 15.5 Å². The molecule has 1 aliphatic rings. The van der Waals surface area contributed by atoms with Gasteiger partial charge in [-0.3, -0.25) is 14.9 Å². The Morgan fingerprint density at radius 3 is 2.59 bits per heavy atom. The number of benzene rings is 2. The van der Waals surface area contributed by atoms with Crippen LogP contribution in [0.3, 0.4) is 0 Å². The van der Waals surface area contributed by atoms with Crippen LogP contribution >= 0.6 is 0 Å². The quantitative estimate of drug-likeness (QED) is 0.770. The number of carbonyl (C=O) groups is 2. The van der Waals surface area contributed by atoms with Crippen LogP contribution in [0.2, 0.25) is 0 Å². The van der Waals surface area contributed by atoms with Crippen molar-refractivity contribution in [1.29, 1.82) is 0 Å². The molecule has 2 heterocycles. The predicted molar refractivity (Wildman–Crippen MR) is 99.6 cm³/mol. The van der Waals surface area contributed by atoms with Crippen LogP contribution in [0.15, 0.2) is 59.0 Å². The molecule has 0 unspecified atom stereocenters. The second kappa shape index (κ2) is 7.03. The fraction of sp³-hybridized carbons (Fsp3) is 0.200. The van der Waals surface area contributed by atoms with Crippen LogP contribution in [0.4, 0.5) is 11.7 Å². The number of aromatic nitrogens is 2. The number of para-hydroxylation sites is 1. The van der Waals surface area contributed by atoms with Gasteiger partial charge in [0.05, 0.1) is 5.92 Å². The van der Waals surface area contributed by atoms with Crippen molar-refractivity contribution >= 4 is 23.5 Å². The fourth-order valence-electron chi connectivity index (χ4n) is 3.05. The lowest BCUT2D eigenvalue weighted by molar-refractivity contribution is -0.117. The number of nitrogens with one attached hydrogen (secondary N) is 1. The highest BCUT2D eigenvalue weighted by atomic mass is 16.4. The number of carbonyl (C=O) groups excluding carboxylic acids is 2. The molecule has 2 aromatic carbocycles. The molecule has 1 aromatic heterocycles. The average molecular weight is 362 g/mol. The summed E-state index contributed by atoms with van der Waals surface area (Å²) >= 11 is 0. The number of aryl methyl sites for hydroxylation is 1. The molecule has 7 nitrogen and oxygen atoms in total. The first-order chi connectivity index (χ1) is 13.1. The molecule has 0 spiro atoms. The monoisotopic (exact) mass is 362 g/mol. The first-order valence-corrected chi connectivity index (χ1v) is 8.67. The standard InChI is InChI=1S/C20H18N4O3/c1-13-7-9-14(10-8-13)18(26)21-20-23-22-19(27-20)15-11-17(25)24(12-15)16-5-3-2-4-6-16/h2-10,15H,11-12H2,1H3,(H,21,23,26)/t15-/m0/s1. The number of anilines is 2. The van der Waals surface area contributed by atoms with Crippen molar-refractivity contribution in [2.45, 2.75) is 19.3 Å². The van der Waals surface area contributed by atoms with E-state index >= 15 is 0 Å². The molecule has 1 atom stereocenters. The third-order valence-corrected chi connectivity index (χ3v) is 4.52. The molecule has 1 fully saturated rings. The third kappa shape index (κ3) is 3.57. The van der Waals surface area contributed by atoms with Gasteiger partial charge in [-0.05, 0) is 31.2 Å². The van der Waals surface area contributed by atoms with Crippen LogP contribution in [-0.2, 0) is 4.79 Å². The van der Waals surface area contributed by atoms with Crippen LogP contribution in [0, 0.1) is 6.92 Å². The molecule has 1 aliphatic heterocycles. The van der Waals surface area contributed by atoms with Gasteiger partial charge < -0.3 is 9.32 Å². The minimum atomic E-state index is -0.321. The Balaban J connectivity index is 1.44. The number of rotatable bonds is 4. The average Bonchev–Trinajstić information content (AvgIpc) is 3.29. The van der Waals surface area contributed by atoms with Crippen molar-refractivity contribution in [3.63, 3.8) is 0 Å². The molecule has 1 N–H and O–H groups in total. The van der Waals surface area contributed by atoms with E-state index in [-0.39, 0.29) is 23.7 Å². The van der Waals surface area contributed by atoms with Gasteiger partial charge in [-0.25, -0.2) is 0 Å². The highest BCUT2D eigenvalue weighted by molar-refractivity contribution is 6.03. The lowest BCUT2D eigenvalue weighted by atomic mass is 10.1. The van der Waals surface area contributed by atoms with Crippen LogP contribution in [0.25, 0.3) is 0 Å². The molecular formula is C20H18N4O3. The van der Waals surface area contributed by atoms with E-state index < -0.39 is 0 Å². The maximum Gasteiger partial charge on any atom is 0.322 e. The maximum absolute atomic E-state index is 12.3. The van der Waals surface area contributed by atoms with E-state index in [1.165, 1.54) is 0 Å². The summed E-state index contributed by atoms with van der Waals surface area (Å²) in [6.07, 6.45) is 0.294. The molecular weight excluding hydrogens is 344 g/mol. The Morgan fingerprint density at radius 1 is 1.11 bits per heavy atom. The van der Waals surface area contributed by atoms with E-state index in [0.717, 1.165) is 11.3 Å². The van der Waals surface area contributed by atoms with Crippen molar-refractivity contribution in [2.75, 3.05) is 16.8 Å². The lowest BCUT2D eigenvalue weighted by Gasteiger charge is -2.15. The molecule has 1 saturated heterocycles. The van der Waals surface area contributed by atoms with E-state index in [1.807, 2.05) is 49.4 Å². The van der Waals surface area contributed by atoms with Gasteiger partial charge in [0.25, 0.3) is 5.91 Å². The lowest BCUT2D eigenvalue weighted by Crippen LogP contribution is -2.24. The molecule has 0 saturated carbocycles. The van der Waals surface area contributed by atoms with Gasteiger partial charge in [-0.2, -0.15) is 0 Å². The number of amides is 2. The summed E-state index contributed by atoms with van der Waals surface area (Å²) in [4.78, 5) is 26.3. The molecule has 27 heavy (non-hydrogen) atoms. The van der Waals surface area contributed by atoms with Gasteiger partial charge in [0.2, 0.25) is 11.8 Å². The highest BCUT2D eigenvalue weighted by Gasteiger charge is 2.35. The van der Waals surface area contributed by atoms with Crippen LogP contribution in [0.1, 0.15) is 34.2 Å². The molecule has 0 bridgehead atoms. The van der Waals surface area contributed by atoms with Gasteiger partial charge in [-0.15, -0.1) is 5.10 Å². The number of nitrogens with zero attached hydrogens (tertiary/aromatic N) is 3.